The maximum atomic E-state index is 14.5. The minimum Gasteiger partial charge on any atom is -0.299 e. The molecule has 1 heterocycles. The molecule has 124 valence electrons. The van der Waals surface area contributed by atoms with Gasteiger partial charge in [-0.05, 0) is 42.5 Å². The normalized spacial score (nSPS) is 19.6. The van der Waals surface area contributed by atoms with Gasteiger partial charge in [0.1, 0.15) is 5.67 Å². The lowest BCUT2D eigenvalue weighted by molar-refractivity contribution is -0.137. The summed E-state index contributed by atoms with van der Waals surface area (Å²) in [5.41, 5.74) is -1.40. The number of alkyl halides is 4. The van der Waals surface area contributed by atoms with Crippen LogP contribution >= 0.6 is 11.6 Å². The van der Waals surface area contributed by atoms with E-state index in [4.69, 9.17) is 11.6 Å². The molecule has 0 radical (unpaired) electrons. The quantitative estimate of drug-likeness (QED) is 0.675. The number of rotatable bonds is 3. The first-order chi connectivity index (χ1) is 10.1. The second kappa shape index (κ2) is 6.36. The van der Waals surface area contributed by atoms with Gasteiger partial charge in [0.15, 0.2) is 0 Å². The van der Waals surface area contributed by atoms with Gasteiger partial charge in [-0.1, -0.05) is 25.4 Å². The predicted octanol–water partition coefficient (Wildman–Crippen LogP) is 5.32. The highest BCUT2D eigenvalue weighted by atomic mass is 35.5. The highest BCUT2D eigenvalue weighted by Crippen LogP contribution is 2.35. The van der Waals surface area contributed by atoms with Crippen LogP contribution in [0.3, 0.4) is 0 Å². The van der Waals surface area contributed by atoms with Crippen LogP contribution in [0.1, 0.15) is 37.8 Å². The van der Waals surface area contributed by atoms with Crippen LogP contribution in [0.25, 0.3) is 0 Å². The molecule has 0 bridgehead atoms. The van der Waals surface area contributed by atoms with Crippen LogP contribution in [-0.4, -0.2) is 23.7 Å². The van der Waals surface area contributed by atoms with Crippen LogP contribution in [0, 0.1) is 5.92 Å². The van der Waals surface area contributed by atoms with Crippen molar-refractivity contribution >= 4 is 11.6 Å². The van der Waals surface area contributed by atoms with Crippen molar-refractivity contribution < 1.29 is 17.6 Å². The van der Waals surface area contributed by atoms with Crippen LogP contribution < -0.4 is 0 Å². The van der Waals surface area contributed by atoms with E-state index in [0.717, 1.165) is 12.1 Å². The van der Waals surface area contributed by atoms with E-state index in [2.05, 4.69) is 0 Å². The van der Waals surface area contributed by atoms with Gasteiger partial charge in [0.25, 0.3) is 0 Å². The average Bonchev–Trinajstić information content (AvgIpc) is 2.40. The van der Waals surface area contributed by atoms with E-state index in [9.17, 15) is 17.6 Å². The Bertz CT molecular complexity index is 519. The molecule has 0 aliphatic carbocycles. The van der Waals surface area contributed by atoms with E-state index >= 15 is 0 Å². The number of hydrogen-bond donors (Lipinski definition) is 0. The number of benzene rings is 1. The Morgan fingerprint density at radius 3 is 2.27 bits per heavy atom. The smallest absolute Gasteiger partial charge is 0.299 e. The number of piperidine rings is 1. The Hall–Kier alpha value is -0.810. The van der Waals surface area contributed by atoms with Crippen molar-refractivity contribution in [2.24, 2.45) is 5.92 Å². The van der Waals surface area contributed by atoms with E-state index in [1.54, 1.807) is 0 Å². The molecular weight excluding hydrogens is 318 g/mol. The number of nitrogens with zero attached hydrogens (tertiary/aromatic N) is 1. The lowest BCUT2D eigenvalue weighted by atomic mass is 9.83. The van der Waals surface area contributed by atoms with E-state index in [1.807, 2.05) is 18.7 Å². The summed E-state index contributed by atoms with van der Waals surface area (Å²) in [4.78, 5) is 1.98. The van der Waals surface area contributed by atoms with Gasteiger partial charge in [0.05, 0.1) is 5.56 Å². The second-order valence-corrected chi connectivity index (χ2v) is 6.75. The zero-order valence-corrected chi connectivity index (χ0v) is 13.4. The third-order valence-electron chi connectivity index (χ3n) is 4.41. The molecule has 1 aromatic rings. The highest BCUT2D eigenvalue weighted by molar-refractivity contribution is 6.30. The van der Waals surface area contributed by atoms with Crippen molar-refractivity contribution in [2.45, 2.75) is 45.1 Å². The first kappa shape index (κ1) is 17.5. The van der Waals surface area contributed by atoms with Crippen molar-refractivity contribution in [1.29, 1.82) is 0 Å². The summed E-state index contributed by atoms with van der Waals surface area (Å²) >= 11 is 5.78. The largest absolute Gasteiger partial charge is 0.416 e. The third-order valence-corrected chi connectivity index (χ3v) is 4.63. The third kappa shape index (κ3) is 4.13. The molecule has 0 spiro atoms. The molecule has 1 fully saturated rings. The fourth-order valence-corrected chi connectivity index (χ4v) is 3.08. The molecule has 1 aromatic carbocycles. The Kier molecular flexibility index (Phi) is 5.07. The molecule has 0 atom stereocenters. The van der Waals surface area contributed by atoms with Crippen LogP contribution in [0.4, 0.5) is 17.6 Å². The van der Waals surface area contributed by atoms with Crippen molar-refractivity contribution in [3.8, 4) is 0 Å². The average molecular weight is 338 g/mol. The molecule has 0 N–H and O–H groups in total. The summed E-state index contributed by atoms with van der Waals surface area (Å²) in [5.74, 6) is -0.0438. The van der Waals surface area contributed by atoms with Gasteiger partial charge in [-0.3, -0.25) is 4.90 Å². The molecule has 1 aliphatic heterocycles. The summed E-state index contributed by atoms with van der Waals surface area (Å²) < 4.78 is 52.9. The number of likely N-dealkylation sites (tertiary alicyclic amines) is 1. The topological polar surface area (TPSA) is 3.24 Å². The predicted molar refractivity (Wildman–Crippen MR) is 79.6 cm³/mol. The fourth-order valence-electron chi connectivity index (χ4n) is 2.82. The summed E-state index contributed by atoms with van der Waals surface area (Å²) in [7, 11) is 0. The molecule has 0 amide bonds. The Balaban J connectivity index is 2.05. The Morgan fingerprint density at radius 2 is 1.77 bits per heavy atom. The molecule has 22 heavy (non-hydrogen) atoms. The first-order valence-corrected chi connectivity index (χ1v) is 7.76. The van der Waals surface area contributed by atoms with Gasteiger partial charge in [-0.25, -0.2) is 4.39 Å². The van der Waals surface area contributed by atoms with E-state index in [1.165, 1.54) is 6.07 Å². The second-order valence-electron chi connectivity index (χ2n) is 6.31. The van der Waals surface area contributed by atoms with Gasteiger partial charge in [-0.2, -0.15) is 13.2 Å². The molecule has 2 rings (SSSR count). The van der Waals surface area contributed by atoms with Crippen LogP contribution in [0.15, 0.2) is 18.2 Å². The van der Waals surface area contributed by atoms with Crippen molar-refractivity contribution in [3.05, 3.63) is 34.3 Å². The summed E-state index contributed by atoms with van der Waals surface area (Å²) in [5, 5.41) is 0.0730. The van der Waals surface area contributed by atoms with E-state index in [0.29, 0.717) is 38.0 Å². The molecule has 1 aliphatic rings. The molecule has 1 saturated heterocycles. The SMILES string of the molecule is CC(C)C1(F)CCN(Cc2cc(Cl)cc(C(F)(F)F)c2)CC1. The minimum atomic E-state index is -4.41. The summed E-state index contributed by atoms with van der Waals surface area (Å²) in [6.45, 7) is 5.17. The van der Waals surface area contributed by atoms with Crippen molar-refractivity contribution in [1.82, 2.24) is 4.90 Å². The maximum Gasteiger partial charge on any atom is 0.416 e. The van der Waals surface area contributed by atoms with Crippen LogP contribution in [0.5, 0.6) is 0 Å². The number of halogens is 5. The van der Waals surface area contributed by atoms with E-state index in [-0.39, 0.29) is 10.9 Å². The van der Waals surface area contributed by atoms with E-state index < -0.39 is 17.4 Å². The van der Waals surface area contributed by atoms with Gasteiger partial charge in [0.2, 0.25) is 0 Å². The van der Waals surface area contributed by atoms with Gasteiger partial charge in [0, 0.05) is 24.7 Å². The number of hydrogen-bond acceptors (Lipinski definition) is 1. The zero-order chi connectivity index (χ0) is 16.5. The lowest BCUT2D eigenvalue weighted by Crippen LogP contribution is -2.44. The Morgan fingerprint density at radius 1 is 1.18 bits per heavy atom. The first-order valence-electron chi connectivity index (χ1n) is 7.38. The van der Waals surface area contributed by atoms with Gasteiger partial charge in [-0.15, -0.1) is 0 Å². The molecular formula is C16H20ClF4N. The molecule has 6 heteroatoms. The van der Waals surface area contributed by atoms with Gasteiger partial charge < -0.3 is 0 Å². The maximum absolute atomic E-state index is 14.5. The monoisotopic (exact) mass is 337 g/mol. The van der Waals surface area contributed by atoms with Gasteiger partial charge >= 0.3 is 6.18 Å². The van der Waals surface area contributed by atoms with Crippen molar-refractivity contribution in [2.75, 3.05) is 13.1 Å². The van der Waals surface area contributed by atoms with Crippen molar-refractivity contribution in [3.63, 3.8) is 0 Å². The van der Waals surface area contributed by atoms with Crippen LogP contribution in [0.2, 0.25) is 5.02 Å². The molecule has 1 nitrogen and oxygen atoms in total. The van der Waals surface area contributed by atoms with Crippen LogP contribution in [-0.2, 0) is 12.7 Å². The zero-order valence-electron chi connectivity index (χ0n) is 12.7. The highest BCUT2D eigenvalue weighted by Gasteiger charge is 2.37. The Labute approximate surface area is 133 Å². The minimum absolute atomic E-state index is 0.0438. The standard InChI is InChI=1S/C16H20ClF4N/c1-11(2)15(18)3-5-22(6-4-15)10-12-7-13(16(19,20)21)9-14(17)8-12/h7-9,11H,3-6,10H2,1-2H3. The molecule has 0 unspecified atom stereocenters. The molecule has 0 aromatic heterocycles. The fraction of sp³-hybridized carbons (Fsp3) is 0.625. The lowest BCUT2D eigenvalue weighted by Gasteiger charge is -2.38. The summed E-state index contributed by atoms with van der Waals surface area (Å²) in [6, 6.07) is 3.58. The molecule has 0 saturated carbocycles. The summed E-state index contributed by atoms with van der Waals surface area (Å²) in [6.07, 6.45) is -3.58.